The van der Waals surface area contributed by atoms with Crippen molar-refractivity contribution in [1.29, 1.82) is 0 Å². The van der Waals surface area contributed by atoms with E-state index in [2.05, 4.69) is 16.0 Å². The summed E-state index contributed by atoms with van der Waals surface area (Å²) in [6, 6.07) is 7.05. The first-order valence-electron chi connectivity index (χ1n) is 7.00. The molecule has 1 aromatic carbocycles. The SMILES string of the molecule is CC(C)CNC(=O)c1cccc(NC(=O)NC2CC2)c1. The Morgan fingerprint density at radius 1 is 1.30 bits per heavy atom. The second kappa shape index (κ2) is 6.41. The van der Waals surface area contributed by atoms with Gasteiger partial charge in [-0.2, -0.15) is 0 Å². The fourth-order valence-corrected chi connectivity index (χ4v) is 1.72. The van der Waals surface area contributed by atoms with Crippen molar-refractivity contribution in [2.45, 2.75) is 32.7 Å². The van der Waals surface area contributed by atoms with Gasteiger partial charge in [-0.25, -0.2) is 4.79 Å². The smallest absolute Gasteiger partial charge is 0.319 e. The molecule has 2 rings (SSSR count). The summed E-state index contributed by atoms with van der Waals surface area (Å²) in [6.45, 7) is 4.72. The highest BCUT2D eigenvalue weighted by molar-refractivity contribution is 5.96. The number of hydrogen-bond acceptors (Lipinski definition) is 2. The van der Waals surface area contributed by atoms with Crippen LogP contribution in [0.2, 0.25) is 0 Å². The van der Waals surface area contributed by atoms with Crippen molar-refractivity contribution in [1.82, 2.24) is 10.6 Å². The molecule has 0 heterocycles. The summed E-state index contributed by atoms with van der Waals surface area (Å²) in [5.74, 6) is 0.287. The van der Waals surface area contributed by atoms with E-state index < -0.39 is 0 Å². The summed E-state index contributed by atoms with van der Waals surface area (Å²) in [5, 5.41) is 8.44. The molecule has 1 saturated carbocycles. The molecular formula is C15H21N3O2. The lowest BCUT2D eigenvalue weighted by Gasteiger charge is -2.10. The monoisotopic (exact) mass is 275 g/mol. The average molecular weight is 275 g/mol. The molecule has 1 aliphatic carbocycles. The summed E-state index contributed by atoms with van der Waals surface area (Å²) >= 11 is 0. The Morgan fingerprint density at radius 2 is 2.05 bits per heavy atom. The van der Waals surface area contributed by atoms with Gasteiger partial charge in [0.1, 0.15) is 0 Å². The summed E-state index contributed by atoms with van der Waals surface area (Å²) in [7, 11) is 0. The van der Waals surface area contributed by atoms with E-state index in [4.69, 9.17) is 0 Å². The van der Waals surface area contributed by atoms with Gasteiger partial charge in [-0.3, -0.25) is 4.79 Å². The Kier molecular flexibility index (Phi) is 4.61. The molecule has 0 aliphatic heterocycles. The molecule has 0 aromatic heterocycles. The van der Waals surface area contributed by atoms with Crippen molar-refractivity contribution in [3.05, 3.63) is 29.8 Å². The fourth-order valence-electron chi connectivity index (χ4n) is 1.72. The van der Waals surface area contributed by atoms with Crippen molar-refractivity contribution in [2.24, 2.45) is 5.92 Å². The highest BCUT2D eigenvalue weighted by atomic mass is 16.2. The minimum Gasteiger partial charge on any atom is -0.352 e. The minimum absolute atomic E-state index is 0.120. The van der Waals surface area contributed by atoms with Crippen LogP contribution in [0.1, 0.15) is 37.0 Å². The maximum absolute atomic E-state index is 11.9. The van der Waals surface area contributed by atoms with Gasteiger partial charge < -0.3 is 16.0 Å². The Hall–Kier alpha value is -2.04. The number of hydrogen-bond donors (Lipinski definition) is 3. The standard InChI is InChI=1S/C15H21N3O2/c1-10(2)9-16-14(19)11-4-3-5-13(8-11)18-15(20)17-12-6-7-12/h3-5,8,10,12H,6-7,9H2,1-2H3,(H,16,19)(H2,17,18,20). The van der Waals surface area contributed by atoms with Gasteiger partial charge in [0, 0.05) is 23.8 Å². The fraction of sp³-hybridized carbons (Fsp3) is 0.467. The maximum atomic E-state index is 11.9. The van der Waals surface area contributed by atoms with E-state index in [0.29, 0.717) is 29.8 Å². The first-order valence-corrected chi connectivity index (χ1v) is 7.00. The number of benzene rings is 1. The number of anilines is 1. The predicted octanol–water partition coefficient (Wildman–Crippen LogP) is 2.36. The van der Waals surface area contributed by atoms with Crippen LogP contribution >= 0.6 is 0 Å². The summed E-state index contributed by atoms with van der Waals surface area (Å²) < 4.78 is 0. The molecule has 3 amide bonds. The van der Waals surface area contributed by atoms with Crippen LogP contribution in [0.4, 0.5) is 10.5 Å². The molecule has 5 heteroatoms. The lowest BCUT2D eigenvalue weighted by Crippen LogP contribution is -2.30. The van der Waals surface area contributed by atoms with E-state index in [9.17, 15) is 9.59 Å². The van der Waals surface area contributed by atoms with E-state index in [1.165, 1.54) is 0 Å². The number of rotatable bonds is 5. The Morgan fingerprint density at radius 3 is 2.70 bits per heavy atom. The largest absolute Gasteiger partial charge is 0.352 e. The molecule has 1 aliphatic rings. The Labute approximate surface area is 119 Å². The number of amides is 3. The van der Waals surface area contributed by atoms with E-state index >= 15 is 0 Å². The third-order valence-electron chi connectivity index (χ3n) is 2.97. The van der Waals surface area contributed by atoms with Crippen molar-refractivity contribution >= 4 is 17.6 Å². The Balaban J connectivity index is 1.92. The number of carbonyl (C=O) groups excluding carboxylic acids is 2. The third-order valence-corrected chi connectivity index (χ3v) is 2.97. The molecule has 1 fully saturated rings. The molecule has 1 aromatic rings. The van der Waals surface area contributed by atoms with E-state index in [1.54, 1.807) is 24.3 Å². The molecule has 3 N–H and O–H groups in total. The molecule has 5 nitrogen and oxygen atoms in total. The van der Waals surface area contributed by atoms with Gasteiger partial charge in [0.2, 0.25) is 0 Å². The van der Waals surface area contributed by atoms with Gasteiger partial charge in [0.15, 0.2) is 0 Å². The predicted molar refractivity (Wildman–Crippen MR) is 78.8 cm³/mol. The number of urea groups is 1. The van der Waals surface area contributed by atoms with Gasteiger partial charge in [0.25, 0.3) is 5.91 Å². The quantitative estimate of drug-likeness (QED) is 0.772. The van der Waals surface area contributed by atoms with E-state index in [1.807, 2.05) is 13.8 Å². The van der Waals surface area contributed by atoms with Crippen LogP contribution in [-0.2, 0) is 0 Å². The van der Waals surface area contributed by atoms with Crippen molar-refractivity contribution in [2.75, 3.05) is 11.9 Å². The maximum Gasteiger partial charge on any atom is 0.319 e. The summed E-state index contributed by atoms with van der Waals surface area (Å²) in [6.07, 6.45) is 2.09. The number of nitrogens with one attached hydrogen (secondary N) is 3. The second-order valence-corrected chi connectivity index (χ2v) is 5.56. The minimum atomic E-state index is -0.216. The zero-order valence-electron chi connectivity index (χ0n) is 11.9. The third kappa shape index (κ3) is 4.57. The Bertz CT molecular complexity index is 496. The molecule has 20 heavy (non-hydrogen) atoms. The van der Waals surface area contributed by atoms with Crippen molar-refractivity contribution in [3.63, 3.8) is 0 Å². The first kappa shape index (κ1) is 14.4. The van der Waals surface area contributed by atoms with Crippen LogP contribution in [0.5, 0.6) is 0 Å². The van der Waals surface area contributed by atoms with Crippen LogP contribution in [-0.4, -0.2) is 24.5 Å². The molecule has 0 radical (unpaired) electrons. The topological polar surface area (TPSA) is 70.2 Å². The normalized spacial score (nSPS) is 13.9. The first-order chi connectivity index (χ1) is 9.54. The lowest BCUT2D eigenvalue weighted by atomic mass is 10.1. The van der Waals surface area contributed by atoms with Crippen molar-refractivity contribution in [3.8, 4) is 0 Å². The number of carbonyl (C=O) groups is 2. The van der Waals surface area contributed by atoms with Crippen LogP contribution in [0.25, 0.3) is 0 Å². The van der Waals surface area contributed by atoms with Gasteiger partial charge in [-0.15, -0.1) is 0 Å². The van der Waals surface area contributed by atoms with Gasteiger partial charge in [-0.05, 0) is 37.0 Å². The average Bonchev–Trinajstić information content (AvgIpc) is 3.19. The summed E-state index contributed by atoms with van der Waals surface area (Å²) in [4.78, 5) is 23.6. The molecule has 0 saturated heterocycles. The second-order valence-electron chi connectivity index (χ2n) is 5.56. The lowest BCUT2D eigenvalue weighted by molar-refractivity contribution is 0.0949. The molecular weight excluding hydrogens is 254 g/mol. The van der Waals surface area contributed by atoms with Crippen molar-refractivity contribution < 1.29 is 9.59 Å². The van der Waals surface area contributed by atoms with E-state index in [0.717, 1.165) is 12.8 Å². The van der Waals surface area contributed by atoms with Gasteiger partial charge in [0.05, 0.1) is 0 Å². The molecule has 0 bridgehead atoms. The van der Waals surface area contributed by atoms with Crippen LogP contribution < -0.4 is 16.0 Å². The molecule has 0 unspecified atom stereocenters. The zero-order chi connectivity index (χ0) is 14.5. The zero-order valence-corrected chi connectivity index (χ0v) is 11.9. The van der Waals surface area contributed by atoms with Gasteiger partial charge in [-0.1, -0.05) is 19.9 Å². The molecule has 0 atom stereocenters. The molecule has 108 valence electrons. The van der Waals surface area contributed by atoms with Crippen LogP contribution in [0.3, 0.4) is 0 Å². The molecule has 0 spiro atoms. The van der Waals surface area contributed by atoms with Gasteiger partial charge >= 0.3 is 6.03 Å². The highest BCUT2D eigenvalue weighted by Crippen LogP contribution is 2.19. The van der Waals surface area contributed by atoms with E-state index in [-0.39, 0.29) is 11.9 Å². The summed E-state index contributed by atoms with van der Waals surface area (Å²) in [5.41, 5.74) is 1.18. The van der Waals surface area contributed by atoms with Crippen LogP contribution in [0.15, 0.2) is 24.3 Å². The van der Waals surface area contributed by atoms with Crippen LogP contribution in [0, 0.1) is 5.92 Å². The highest BCUT2D eigenvalue weighted by Gasteiger charge is 2.23.